The van der Waals surface area contributed by atoms with Crippen LogP contribution >= 0.6 is 11.8 Å². The summed E-state index contributed by atoms with van der Waals surface area (Å²) >= 11 is 1.01. The number of hydrogen-bond donors (Lipinski definition) is 1. The molecule has 1 heterocycles. The molecule has 0 bridgehead atoms. The molecule has 2 amide bonds. The lowest BCUT2D eigenvalue weighted by molar-refractivity contribution is -0.116. The second-order valence-electron chi connectivity index (χ2n) is 5.95. The van der Waals surface area contributed by atoms with Crippen molar-refractivity contribution in [3.63, 3.8) is 0 Å². The van der Waals surface area contributed by atoms with E-state index in [9.17, 15) is 9.59 Å². The highest BCUT2D eigenvalue weighted by Crippen LogP contribution is 2.36. The Labute approximate surface area is 149 Å². The minimum absolute atomic E-state index is 0.243. The van der Waals surface area contributed by atoms with Crippen LogP contribution in [0.15, 0.2) is 66.7 Å². The first-order chi connectivity index (χ1) is 12.1. The van der Waals surface area contributed by atoms with Crippen molar-refractivity contribution >= 4 is 45.1 Å². The van der Waals surface area contributed by atoms with E-state index in [1.54, 1.807) is 0 Å². The fourth-order valence-electron chi connectivity index (χ4n) is 3.01. The molecule has 1 aliphatic rings. The van der Waals surface area contributed by atoms with Crippen LogP contribution in [0.5, 0.6) is 0 Å². The molecule has 0 radical (unpaired) electrons. The zero-order valence-electron chi connectivity index (χ0n) is 13.6. The number of amides is 2. The Bertz CT molecular complexity index is 981. The van der Waals surface area contributed by atoms with Crippen LogP contribution in [0.2, 0.25) is 0 Å². The number of fused-ring (bicyclic) bond motifs is 1. The number of thioether (sulfide) groups is 1. The largest absolute Gasteiger partial charge is 0.365 e. The Kier molecular flexibility index (Phi) is 3.93. The molecule has 1 saturated heterocycles. The van der Waals surface area contributed by atoms with Crippen molar-refractivity contribution in [1.82, 2.24) is 0 Å². The van der Waals surface area contributed by atoms with Gasteiger partial charge in [0.15, 0.2) is 5.37 Å². The topological polar surface area (TPSA) is 49.4 Å². The fourth-order valence-corrected chi connectivity index (χ4v) is 3.91. The zero-order valence-corrected chi connectivity index (χ0v) is 14.4. The number of aryl methyl sites for hydroxylation is 1. The summed E-state index contributed by atoms with van der Waals surface area (Å²) in [5.74, 6) is -0.243. The van der Waals surface area contributed by atoms with Gasteiger partial charge < -0.3 is 5.32 Å². The normalized spacial score (nSPS) is 17.3. The number of nitrogens with zero attached hydrogens (tertiary/aromatic N) is 1. The number of hydrogen-bond acceptors (Lipinski definition) is 4. The first-order valence-corrected chi connectivity index (χ1v) is 8.87. The number of benzene rings is 3. The van der Waals surface area contributed by atoms with Crippen LogP contribution in [0.25, 0.3) is 10.8 Å². The third-order valence-electron chi connectivity index (χ3n) is 4.17. The maximum absolute atomic E-state index is 12.9. The maximum Gasteiger partial charge on any atom is 0.295 e. The summed E-state index contributed by atoms with van der Waals surface area (Å²) in [6.07, 6.45) is 0. The third kappa shape index (κ3) is 2.87. The molecule has 1 aliphatic heterocycles. The van der Waals surface area contributed by atoms with E-state index >= 15 is 0 Å². The van der Waals surface area contributed by atoms with Gasteiger partial charge in [-0.15, -0.1) is 0 Å². The third-order valence-corrected chi connectivity index (χ3v) is 5.11. The lowest BCUT2D eigenvalue weighted by atomic mass is 10.1. The van der Waals surface area contributed by atoms with Gasteiger partial charge in [-0.05, 0) is 47.8 Å². The van der Waals surface area contributed by atoms with Crippen LogP contribution < -0.4 is 10.2 Å². The van der Waals surface area contributed by atoms with E-state index in [1.807, 2.05) is 73.7 Å². The highest BCUT2D eigenvalue weighted by molar-refractivity contribution is 8.16. The second kappa shape index (κ2) is 6.26. The highest BCUT2D eigenvalue weighted by atomic mass is 32.2. The predicted molar refractivity (Wildman–Crippen MR) is 103 cm³/mol. The number of nitrogens with one attached hydrogen (secondary N) is 1. The average Bonchev–Trinajstić information content (AvgIpc) is 2.88. The highest BCUT2D eigenvalue weighted by Gasteiger charge is 2.41. The smallest absolute Gasteiger partial charge is 0.295 e. The minimum atomic E-state index is -0.617. The lowest BCUT2D eigenvalue weighted by Crippen LogP contribution is -2.34. The first kappa shape index (κ1) is 15.7. The van der Waals surface area contributed by atoms with Gasteiger partial charge in [0, 0.05) is 11.1 Å². The number of anilines is 2. The molecule has 1 fully saturated rings. The molecule has 0 aliphatic carbocycles. The molecule has 5 heteroatoms. The number of carbonyl (C=O) groups excluding carboxylic acids is 2. The van der Waals surface area contributed by atoms with Gasteiger partial charge in [0.25, 0.3) is 11.1 Å². The van der Waals surface area contributed by atoms with Crippen molar-refractivity contribution in [3.05, 3.63) is 72.3 Å². The van der Waals surface area contributed by atoms with E-state index in [0.29, 0.717) is 5.69 Å². The molecule has 0 spiro atoms. The monoisotopic (exact) mass is 348 g/mol. The Morgan fingerprint density at radius 2 is 1.72 bits per heavy atom. The first-order valence-electron chi connectivity index (χ1n) is 7.99. The van der Waals surface area contributed by atoms with E-state index in [1.165, 1.54) is 4.90 Å². The van der Waals surface area contributed by atoms with Gasteiger partial charge in [0.2, 0.25) is 0 Å². The summed E-state index contributed by atoms with van der Waals surface area (Å²) in [6, 6.07) is 21.2. The van der Waals surface area contributed by atoms with Crippen LogP contribution in [0, 0.1) is 6.92 Å². The van der Waals surface area contributed by atoms with Crippen LogP contribution in [-0.4, -0.2) is 16.5 Å². The van der Waals surface area contributed by atoms with Gasteiger partial charge in [-0.25, -0.2) is 4.90 Å². The summed E-state index contributed by atoms with van der Waals surface area (Å²) in [5.41, 5.74) is 2.56. The molecular weight excluding hydrogens is 332 g/mol. The van der Waals surface area contributed by atoms with Gasteiger partial charge >= 0.3 is 0 Å². The van der Waals surface area contributed by atoms with Crippen molar-refractivity contribution in [1.29, 1.82) is 0 Å². The van der Waals surface area contributed by atoms with E-state index in [2.05, 4.69) is 5.32 Å². The van der Waals surface area contributed by atoms with Crippen molar-refractivity contribution in [2.45, 2.75) is 12.3 Å². The van der Waals surface area contributed by atoms with Gasteiger partial charge in [0.1, 0.15) is 0 Å². The van der Waals surface area contributed by atoms with Gasteiger partial charge in [0.05, 0.1) is 5.69 Å². The summed E-state index contributed by atoms with van der Waals surface area (Å²) in [6.45, 7) is 1.99. The standard InChI is InChI=1S/C20H16N2O2S/c1-13-6-4-9-15(12-13)21-18-19(23)22(20(24)25-18)17-11-5-8-14-7-2-3-10-16(14)17/h2-12,18,21H,1H3. The molecule has 25 heavy (non-hydrogen) atoms. The molecule has 1 N–H and O–H groups in total. The lowest BCUT2D eigenvalue weighted by Gasteiger charge is -2.17. The van der Waals surface area contributed by atoms with E-state index in [4.69, 9.17) is 0 Å². The van der Waals surface area contributed by atoms with Crippen LogP contribution in [0.4, 0.5) is 16.2 Å². The molecule has 3 aromatic carbocycles. The van der Waals surface area contributed by atoms with E-state index < -0.39 is 5.37 Å². The average molecular weight is 348 g/mol. The quantitative estimate of drug-likeness (QED) is 0.739. The molecule has 4 rings (SSSR count). The predicted octanol–water partition coefficient (Wildman–Crippen LogP) is 4.79. The number of rotatable bonds is 3. The van der Waals surface area contributed by atoms with Gasteiger partial charge in [-0.1, -0.05) is 48.5 Å². The SMILES string of the molecule is Cc1cccc(NC2SC(=O)N(c3cccc4ccccc34)C2=O)c1. The van der Waals surface area contributed by atoms with Gasteiger partial charge in [-0.3, -0.25) is 9.59 Å². The summed E-state index contributed by atoms with van der Waals surface area (Å²) < 4.78 is 0. The second-order valence-corrected chi connectivity index (χ2v) is 7.01. The summed E-state index contributed by atoms with van der Waals surface area (Å²) in [5, 5.41) is 4.18. The Morgan fingerprint density at radius 1 is 0.960 bits per heavy atom. The Balaban J connectivity index is 1.67. The fraction of sp³-hybridized carbons (Fsp3) is 0.100. The van der Waals surface area contributed by atoms with Crippen molar-refractivity contribution in [2.24, 2.45) is 0 Å². The minimum Gasteiger partial charge on any atom is -0.365 e. The van der Waals surface area contributed by atoms with Crippen LogP contribution in [0.3, 0.4) is 0 Å². The summed E-state index contributed by atoms with van der Waals surface area (Å²) in [7, 11) is 0. The van der Waals surface area contributed by atoms with Crippen LogP contribution in [-0.2, 0) is 4.79 Å². The molecule has 1 atom stereocenters. The zero-order chi connectivity index (χ0) is 17.4. The molecule has 0 saturated carbocycles. The molecule has 3 aromatic rings. The van der Waals surface area contributed by atoms with Crippen molar-refractivity contribution in [3.8, 4) is 0 Å². The van der Waals surface area contributed by atoms with Gasteiger partial charge in [-0.2, -0.15) is 0 Å². The van der Waals surface area contributed by atoms with Crippen LogP contribution in [0.1, 0.15) is 5.56 Å². The number of imide groups is 1. The van der Waals surface area contributed by atoms with Crippen molar-refractivity contribution < 1.29 is 9.59 Å². The summed E-state index contributed by atoms with van der Waals surface area (Å²) in [4.78, 5) is 26.7. The van der Waals surface area contributed by atoms with Crippen molar-refractivity contribution in [2.75, 3.05) is 10.2 Å². The number of carbonyl (C=O) groups is 2. The molecule has 124 valence electrons. The molecule has 4 nitrogen and oxygen atoms in total. The maximum atomic E-state index is 12.9. The Hall–Kier alpha value is -2.79. The molecule has 0 aromatic heterocycles. The Morgan fingerprint density at radius 3 is 2.56 bits per heavy atom. The van der Waals surface area contributed by atoms with E-state index in [-0.39, 0.29) is 11.1 Å². The molecule has 1 unspecified atom stereocenters. The van der Waals surface area contributed by atoms with E-state index in [0.717, 1.165) is 33.8 Å². The molecular formula is C20H16N2O2S.